The van der Waals surface area contributed by atoms with Crippen LogP contribution in [0.4, 0.5) is 5.69 Å². The summed E-state index contributed by atoms with van der Waals surface area (Å²) in [6.07, 6.45) is 2.59. The van der Waals surface area contributed by atoms with Crippen molar-refractivity contribution in [2.45, 2.75) is 40.2 Å². The number of carbonyl (C=O) groups excluding carboxylic acids is 1. The third kappa shape index (κ3) is 4.30. The predicted octanol–water partition coefficient (Wildman–Crippen LogP) is 5.33. The third-order valence-corrected chi connectivity index (χ3v) is 6.39. The lowest BCUT2D eigenvalue weighted by atomic mass is 10.1. The molecule has 4 aromatic rings. The van der Waals surface area contributed by atoms with E-state index in [0.29, 0.717) is 10.2 Å². The molecule has 0 bridgehead atoms. The molecule has 0 aliphatic carbocycles. The van der Waals surface area contributed by atoms with E-state index in [0.717, 1.165) is 34.4 Å². The zero-order valence-corrected chi connectivity index (χ0v) is 18.8. The summed E-state index contributed by atoms with van der Waals surface area (Å²) in [4.78, 5) is 31.0. The van der Waals surface area contributed by atoms with Crippen LogP contribution in [-0.2, 0) is 17.8 Å². The number of rotatable bonds is 6. The van der Waals surface area contributed by atoms with Crippen molar-refractivity contribution in [3.05, 3.63) is 81.2 Å². The fraction of sp³-hybridized carbons (Fsp3) is 0.240. The predicted molar refractivity (Wildman–Crippen MR) is 128 cm³/mol. The van der Waals surface area contributed by atoms with Gasteiger partial charge in [-0.15, -0.1) is 11.3 Å². The fourth-order valence-electron chi connectivity index (χ4n) is 3.70. The molecule has 1 amide bonds. The van der Waals surface area contributed by atoms with E-state index in [1.807, 2.05) is 61.7 Å². The van der Waals surface area contributed by atoms with E-state index in [1.54, 1.807) is 6.33 Å². The summed E-state index contributed by atoms with van der Waals surface area (Å²) in [6.45, 7) is 6.37. The van der Waals surface area contributed by atoms with E-state index in [2.05, 4.69) is 17.2 Å². The van der Waals surface area contributed by atoms with Crippen LogP contribution in [0.5, 0.6) is 0 Å². The molecule has 4 rings (SSSR count). The Morgan fingerprint density at radius 2 is 1.90 bits per heavy atom. The molecule has 2 heterocycles. The minimum atomic E-state index is -0.111. The highest BCUT2D eigenvalue weighted by atomic mass is 32.1. The molecule has 5 nitrogen and oxygen atoms in total. The number of aromatic nitrogens is 2. The number of nitrogens with one attached hydrogen (secondary N) is 1. The van der Waals surface area contributed by atoms with E-state index in [1.165, 1.54) is 21.5 Å². The number of benzene rings is 2. The van der Waals surface area contributed by atoms with Gasteiger partial charge in [-0.2, -0.15) is 0 Å². The van der Waals surface area contributed by atoms with Crippen LogP contribution < -0.4 is 10.9 Å². The average molecular weight is 432 g/mol. The average Bonchev–Trinajstić information content (AvgIpc) is 3.20. The van der Waals surface area contributed by atoms with Gasteiger partial charge in [0, 0.05) is 29.6 Å². The first-order chi connectivity index (χ1) is 15.0. The second-order valence-electron chi connectivity index (χ2n) is 7.70. The summed E-state index contributed by atoms with van der Waals surface area (Å²) in [5, 5.41) is 5.61. The monoisotopic (exact) mass is 431 g/mol. The van der Waals surface area contributed by atoms with Crippen molar-refractivity contribution >= 4 is 33.1 Å². The number of nitrogens with zero attached hydrogens (tertiary/aromatic N) is 2. The number of carbonyl (C=O) groups is 1. The number of hydrogen-bond acceptors (Lipinski definition) is 4. The Labute approximate surface area is 185 Å². The van der Waals surface area contributed by atoms with Gasteiger partial charge in [-0.1, -0.05) is 55.0 Å². The Hall–Kier alpha value is -3.25. The summed E-state index contributed by atoms with van der Waals surface area (Å²) in [5.41, 5.74) is 5.96. The summed E-state index contributed by atoms with van der Waals surface area (Å²) in [5.74, 6) is -0.111. The number of aryl methyl sites for hydroxylation is 4. The minimum absolute atomic E-state index is 0.111. The van der Waals surface area contributed by atoms with Crippen LogP contribution in [0, 0.1) is 13.8 Å². The number of anilines is 1. The molecule has 6 heteroatoms. The van der Waals surface area contributed by atoms with E-state index >= 15 is 0 Å². The molecule has 0 unspecified atom stereocenters. The number of fused-ring (bicyclic) bond motifs is 1. The molecule has 0 spiro atoms. The van der Waals surface area contributed by atoms with Crippen LogP contribution >= 0.6 is 11.3 Å². The molecule has 0 saturated heterocycles. The SMILES string of the molecule is CCc1cccc(C)c1NC(=O)CCn1cnc2scc(-c3ccc(C)cc3)c2c1=O. The van der Waals surface area contributed by atoms with Crippen molar-refractivity contribution in [2.75, 3.05) is 5.32 Å². The lowest BCUT2D eigenvalue weighted by Crippen LogP contribution is -2.24. The van der Waals surface area contributed by atoms with E-state index in [4.69, 9.17) is 0 Å². The second kappa shape index (κ2) is 8.86. The zero-order valence-electron chi connectivity index (χ0n) is 17.9. The smallest absolute Gasteiger partial charge is 0.262 e. The fourth-order valence-corrected chi connectivity index (χ4v) is 4.60. The van der Waals surface area contributed by atoms with Gasteiger partial charge in [-0.05, 0) is 37.0 Å². The highest BCUT2D eigenvalue weighted by molar-refractivity contribution is 7.17. The van der Waals surface area contributed by atoms with Crippen LogP contribution in [0.25, 0.3) is 21.3 Å². The van der Waals surface area contributed by atoms with Crippen LogP contribution in [0.3, 0.4) is 0 Å². The van der Waals surface area contributed by atoms with Crippen molar-refractivity contribution in [1.82, 2.24) is 9.55 Å². The Bertz CT molecular complexity index is 1300. The molecule has 2 aromatic carbocycles. The van der Waals surface area contributed by atoms with Crippen molar-refractivity contribution in [3.63, 3.8) is 0 Å². The Kier molecular flexibility index (Phi) is 6.00. The van der Waals surface area contributed by atoms with Gasteiger partial charge < -0.3 is 5.32 Å². The van der Waals surface area contributed by atoms with Crippen LogP contribution in [0.2, 0.25) is 0 Å². The minimum Gasteiger partial charge on any atom is -0.326 e. The second-order valence-corrected chi connectivity index (χ2v) is 8.56. The van der Waals surface area contributed by atoms with Gasteiger partial charge in [-0.3, -0.25) is 14.2 Å². The molecule has 2 aromatic heterocycles. The number of hydrogen-bond donors (Lipinski definition) is 1. The molecule has 0 saturated carbocycles. The largest absolute Gasteiger partial charge is 0.326 e. The van der Waals surface area contributed by atoms with Crippen LogP contribution in [-0.4, -0.2) is 15.5 Å². The molecule has 1 N–H and O–H groups in total. The molecule has 158 valence electrons. The molecular weight excluding hydrogens is 406 g/mol. The molecule has 0 atom stereocenters. The molecule has 0 aliphatic heterocycles. The Morgan fingerprint density at radius 3 is 2.65 bits per heavy atom. The van der Waals surface area contributed by atoms with E-state index in [-0.39, 0.29) is 24.4 Å². The van der Waals surface area contributed by atoms with Crippen LogP contribution in [0.15, 0.2) is 59.0 Å². The van der Waals surface area contributed by atoms with Crippen LogP contribution in [0.1, 0.15) is 30.0 Å². The van der Waals surface area contributed by atoms with Gasteiger partial charge >= 0.3 is 0 Å². The lowest BCUT2D eigenvalue weighted by Gasteiger charge is -2.13. The maximum absolute atomic E-state index is 13.2. The summed E-state index contributed by atoms with van der Waals surface area (Å²) in [7, 11) is 0. The quantitative estimate of drug-likeness (QED) is 0.449. The summed E-state index contributed by atoms with van der Waals surface area (Å²) >= 11 is 1.46. The number of thiophene rings is 1. The topological polar surface area (TPSA) is 64.0 Å². The van der Waals surface area contributed by atoms with E-state index in [9.17, 15) is 9.59 Å². The maximum Gasteiger partial charge on any atom is 0.262 e. The van der Waals surface area contributed by atoms with Crippen molar-refractivity contribution in [3.8, 4) is 11.1 Å². The van der Waals surface area contributed by atoms with Gasteiger partial charge in [0.25, 0.3) is 5.56 Å². The molecule has 0 radical (unpaired) electrons. The van der Waals surface area contributed by atoms with Gasteiger partial charge in [-0.25, -0.2) is 4.98 Å². The summed E-state index contributed by atoms with van der Waals surface area (Å²) in [6, 6.07) is 14.1. The lowest BCUT2D eigenvalue weighted by molar-refractivity contribution is -0.116. The first kappa shape index (κ1) is 21.0. The first-order valence-corrected chi connectivity index (χ1v) is 11.3. The van der Waals surface area contributed by atoms with Crippen molar-refractivity contribution in [1.29, 1.82) is 0 Å². The van der Waals surface area contributed by atoms with Gasteiger partial charge in [0.05, 0.1) is 11.7 Å². The molecule has 31 heavy (non-hydrogen) atoms. The highest BCUT2D eigenvalue weighted by Crippen LogP contribution is 2.30. The summed E-state index contributed by atoms with van der Waals surface area (Å²) < 4.78 is 1.53. The van der Waals surface area contributed by atoms with Gasteiger partial charge in [0.15, 0.2) is 0 Å². The Morgan fingerprint density at radius 1 is 1.13 bits per heavy atom. The first-order valence-electron chi connectivity index (χ1n) is 10.4. The highest BCUT2D eigenvalue weighted by Gasteiger charge is 2.14. The molecule has 0 fully saturated rings. The molecular formula is C25H25N3O2S. The third-order valence-electron chi connectivity index (χ3n) is 5.51. The molecule has 0 aliphatic rings. The van der Waals surface area contributed by atoms with Crippen molar-refractivity contribution in [2.24, 2.45) is 0 Å². The normalized spacial score (nSPS) is 11.1. The standard InChI is InChI=1S/C25H25N3O2S/c1-4-18-7-5-6-17(3)23(18)27-21(29)12-13-28-15-26-24-22(25(28)30)20(14-31-24)19-10-8-16(2)9-11-19/h5-11,14-15H,4,12-13H2,1-3H3,(H,27,29). The van der Waals surface area contributed by atoms with Gasteiger partial charge in [0.2, 0.25) is 5.91 Å². The number of amides is 1. The number of para-hydroxylation sites is 1. The zero-order chi connectivity index (χ0) is 22.0. The van der Waals surface area contributed by atoms with Crippen molar-refractivity contribution < 1.29 is 4.79 Å². The Balaban J connectivity index is 1.56. The van der Waals surface area contributed by atoms with Gasteiger partial charge in [0.1, 0.15) is 4.83 Å². The maximum atomic E-state index is 13.2. The van der Waals surface area contributed by atoms with E-state index < -0.39 is 0 Å².